The molecule has 2 aromatic rings. The molecule has 0 unspecified atom stereocenters. The first-order valence-electron chi connectivity index (χ1n) is 3.97. The summed E-state index contributed by atoms with van der Waals surface area (Å²) < 4.78 is 1.67. The monoisotopic (exact) mass is 175 g/mol. The Kier molecular flexibility index (Phi) is 1.73. The number of hydrogen-bond acceptors (Lipinski definition) is 2. The van der Waals surface area contributed by atoms with Gasteiger partial charge in [-0.05, 0) is 18.2 Å². The van der Waals surface area contributed by atoms with Gasteiger partial charge in [0.25, 0.3) is 5.91 Å². The van der Waals surface area contributed by atoms with Crippen LogP contribution in [0.1, 0.15) is 10.4 Å². The number of aromatic nitrogens is 2. The molecule has 0 saturated heterocycles. The zero-order valence-corrected chi connectivity index (χ0v) is 7.19. The first kappa shape index (κ1) is 7.79. The van der Waals surface area contributed by atoms with Gasteiger partial charge in [0.2, 0.25) is 0 Å². The van der Waals surface area contributed by atoms with E-state index in [0.717, 1.165) is 5.52 Å². The van der Waals surface area contributed by atoms with E-state index < -0.39 is 0 Å². The number of rotatable bonds is 1. The van der Waals surface area contributed by atoms with Crippen molar-refractivity contribution in [2.24, 2.45) is 0 Å². The minimum atomic E-state index is -0.0996. The van der Waals surface area contributed by atoms with E-state index in [9.17, 15) is 4.79 Å². The molecule has 2 rings (SSSR count). The van der Waals surface area contributed by atoms with Crippen molar-refractivity contribution in [2.75, 3.05) is 7.05 Å². The molecule has 13 heavy (non-hydrogen) atoms. The highest BCUT2D eigenvalue weighted by Crippen LogP contribution is 2.04. The van der Waals surface area contributed by atoms with Gasteiger partial charge in [-0.2, -0.15) is 5.10 Å². The molecule has 0 bridgehead atoms. The lowest BCUT2D eigenvalue weighted by atomic mass is 10.2. The van der Waals surface area contributed by atoms with Crippen LogP contribution in [-0.2, 0) is 0 Å². The SMILES string of the molecule is CNC(=O)c1ccc2ccnn2c1. The predicted octanol–water partition coefficient (Wildman–Crippen LogP) is 0.694. The summed E-state index contributed by atoms with van der Waals surface area (Å²) in [6.45, 7) is 0. The summed E-state index contributed by atoms with van der Waals surface area (Å²) in [6, 6.07) is 5.51. The number of carbonyl (C=O) groups is 1. The Morgan fingerprint density at radius 1 is 1.46 bits per heavy atom. The third-order valence-electron chi connectivity index (χ3n) is 1.89. The fourth-order valence-electron chi connectivity index (χ4n) is 1.19. The summed E-state index contributed by atoms with van der Waals surface area (Å²) in [4.78, 5) is 11.2. The molecule has 0 atom stereocenters. The molecular weight excluding hydrogens is 166 g/mol. The van der Waals surface area contributed by atoms with E-state index in [-0.39, 0.29) is 5.91 Å². The number of carbonyl (C=O) groups excluding carboxylic acids is 1. The first-order chi connectivity index (χ1) is 6.31. The van der Waals surface area contributed by atoms with Crippen molar-refractivity contribution < 1.29 is 4.79 Å². The van der Waals surface area contributed by atoms with Gasteiger partial charge < -0.3 is 5.32 Å². The second-order valence-corrected chi connectivity index (χ2v) is 2.70. The molecule has 4 nitrogen and oxygen atoms in total. The lowest BCUT2D eigenvalue weighted by Crippen LogP contribution is -2.18. The van der Waals surface area contributed by atoms with Gasteiger partial charge in [0.05, 0.1) is 11.1 Å². The molecule has 4 heteroatoms. The molecule has 0 aliphatic heterocycles. The number of nitrogens with zero attached hydrogens (tertiary/aromatic N) is 2. The molecule has 1 N–H and O–H groups in total. The van der Waals surface area contributed by atoms with Gasteiger partial charge in [0.15, 0.2) is 0 Å². The van der Waals surface area contributed by atoms with E-state index in [0.29, 0.717) is 5.56 Å². The maximum absolute atomic E-state index is 11.2. The highest BCUT2D eigenvalue weighted by atomic mass is 16.1. The normalized spacial score (nSPS) is 10.2. The van der Waals surface area contributed by atoms with Gasteiger partial charge in [0, 0.05) is 19.4 Å². The molecule has 0 radical (unpaired) electrons. The molecule has 1 amide bonds. The minimum absolute atomic E-state index is 0.0996. The van der Waals surface area contributed by atoms with Crippen LogP contribution in [-0.4, -0.2) is 22.6 Å². The molecule has 0 fully saturated rings. The van der Waals surface area contributed by atoms with E-state index in [1.165, 1.54) is 0 Å². The third-order valence-corrected chi connectivity index (χ3v) is 1.89. The Balaban J connectivity index is 2.54. The summed E-state index contributed by atoms with van der Waals surface area (Å²) in [7, 11) is 1.61. The fraction of sp³-hybridized carbons (Fsp3) is 0.111. The second kappa shape index (κ2) is 2.90. The van der Waals surface area contributed by atoms with Gasteiger partial charge in [-0.15, -0.1) is 0 Å². The molecule has 2 heterocycles. The number of nitrogens with one attached hydrogen (secondary N) is 1. The highest BCUT2D eigenvalue weighted by molar-refractivity contribution is 5.93. The zero-order chi connectivity index (χ0) is 9.26. The predicted molar refractivity (Wildman–Crippen MR) is 48.6 cm³/mol. The molecule has 0 aliphatic carbocycles. The van der Waals surface area contributed by atoms with Gasteiger partial charge in [-0.1, -0.05) is 0 Å². The van der Waals surface area contributed by atoms with Crippen molar-refractivity contribution in [2.45, 2.75) is 0 Å². The quantitative estimate of drug-likeness (QED) is 0.693. The van der Waals surface area contributed by atoms with Crippen LogP contribution in [0.25, 0.3) is 5.52 Å². The van der Waals surface area contributed by atoms with Crippen molar-refractivity contribution in [1.29, 1.82) is 0 Å². The molecule has 2 aromatic heterocycles. The van der Waals surface area contributed by atoms with Crippen LogP contribution < -0.4 is 5.32 Å². The average molecular weight is 175 g/mol. The largest absolute Gasteiger partial charge is 0.355 e. The number of fused-ring (bicyclic) bond motifs is 1. The van der Waals surface area contributed by atoms with Gasteiger partial charge >= 0.3 is 0 Å². The van der Waals surface area contributed by atoms with E-state index in [1.54, 1.807) is 30.0 Å². The van der Waals surface area contributed by atoms with E-state index in [1.807, 2.05) is 12.1 Å². The topological polar surface area (TPSA) is 46.4 Å². The van der Waals surface area contributed by atoms with Crippen LogP contribution in [0.2, 0.25) is 0 Å². The lowest BCUT2D eigenvalue weighted by Gasteiger charge is -1.99. The molecule has 0 saturated carbocycles. The maximum atomic E-state index is 11.2. The minimum Gasteiger partial charge on any atom is -0.355 e. The Morgan fingerprint density at radius 2 is 2.31 bits per heavy atom. The first-order valence-corrected chi connectivity index (χ1v) is 3.97. The summed E-state index contributed by atoms with van der Waals surface area (Å²) in [5.41, 5.74) is 1.59. The Hall–Kier alpha value is -1.84. The van der Waals surface area contributed by atoms with Crippen LogP contribution in [0.3, 0.4) is 0 Å². The van der Waals surface area contributed by atoms with Crippen LogP contribution in [0.5, 0.6) is 0 Å². The van der Waals surface area contributed by atoms with Gasteiger partial charge in [-0.25, -0.2) is 4.52 Å². The van der Waals surface area contributed by atoms with Crippen LogP contribution >= 0.6 is 0 Å². The van der Waals surface area contributed by atoms with Gasteiger partial charge in [-0.3, -0.25) is 4.79 Å². The van der Waals surface area contributed by atoms with Crippen molar-refractivity contribution in [3.05, 3.63) is 36.2 Å². The van der Waals surface area contributed by atoms with Crippen molar-refractivity contribution in [1.82, 2.24) is 14.9 Å². The Morgan fingerprint density at radius 3 is 3.08 bits per heavy atom. The van der Waals surface area contributed by atoms with Crippen molar-refractivity contribution in [3.63, 3.8) is 0 Å². The fourth-order valence-corrected chi connectivity index (χ4v) is 1.19. The van der Waals surface area contributed by atoms with Crippen LogP contribution in [0.4, 0.5) is 0 Å². The second-order valence-electron chi connectivity index (χ2n) is 2.70. The van der Waals surface area contributed by atoms with E-state index in [2.05, 4.69) is 10.4 Å². The zero-order valence-electron chi connectivity index (χ0n) is 7.19. The van der Waals surface area contributed by atoms with E-state index in [4.69, 9.17) is 0 Å². The molecule has 0 spiro atoms. The highest BCUT2D eigenvalue weighted by Gasteiger charge is 2.03. The molecule has 0 aromatic carbocycles. The Bertz CT molecular complexity index is 447. The lowest BCUT2D eigenvalue weighted by molar-refractivity contribution is 0.0962. The smallest absolute Gasteiger partial charge is 0.252 e. The summed E-state index contributed by atoms with van der Waals surface area (Å²) in [5.74, 6) is -0.0996. The van der Waals surface area contributed by atoms with Crippen molar-refractivity contribution in [3.8, 4) is 0 Å². The standard InChI is InChI=1S/C9H9N3O/c1-10-9(13)7-2-3-8-4-5-11-12(8)6-7/h2-6H,1H3,(H,10,13). The van der Waals surface area contributed by atoms with Crippen LogP contribution in [0, 0.1) is 0 Å². The number of amides is 1. The van der Waals surface area contributed by atoms with Gasteiger partial charge in [0.1, 0.15) is 0 Å². The summed E-state index contributed by atoms with van der Waals surface area (Å²) in [6.07, 6.45) is 3.40. The maximum Gasteiger partial charge on any atom is 0.252 e. The third kappa shape index (κ3) is 1.26. The average Bonchev–Trinajstić information content (AvgIpc) is 2.63. The molecule has 0 aliphatic rings. The molecule has 66 valence electrons. The van der Waals surface area contributed by atoms with Crippen molar-refractivity contribution >= 4 is 11.4 Å². The summed E-state index contributed by atoms with van der Waals surface area (Å²) in [5, 5.41) is 6.59. The van der Waals surface area contributed by atoms with E-state index >= 15 is 0 Å². The Labute approximate surface area is 75.2 Å². The summed E-state index contributed by atoms with van der Waals surface area (Å²) >= 11 is 0. The van der Waals surface area contributed by atoms with Crippen LogP contribution in [0.15, 0.2) is 30.6 Å². The number of hydrogen-bond donors (Lipinski definition) is 1. The molecular formula is C9H9N3O. The number of pyridine rings is 1.